The number of nitrogens with zero attached hydrogens (tertiary/aromatic N) is 4. The zero-order chi connectivity index (χ0) is 15.2. The molecule has 0 amide bonds. The molecule has 0 aliphatic rings. The van der Waals surface area contributed by atoms with E-state index in [2.05, 4.69) is 44.2 Å². The van der Waals surface area contributed by atoms with E-state index in [4.69, 9.17) is 0 Å². The van der Waals surface area contributed by atoms with Crippen molar-refractivity contribution in [3.63, 3.8) is 0 Å². The zero-order valence-corrected chi connectivity index (χ0v) is 13.2. The molecule has 3 heterocycles. The van der Waals surface area contributed by atoms with Crippen molar-refractivity contribution in [3.8, 4) is 0 Å². The van der Waals surface area contributed by atoms with Crippen molar-refractivity contribution in [2.24, 2.45) is 4.99 Å². The van der Waals surface area contributed by atoms with Crippen LogP contribution in [0.3, 0.4) is 0 Å². The lowest BCUT2D eigenvalue weighted by Gasteiger charge is -2.10. The van der Waals surface area contributed by atoms with Gasteiger partial charge in [0.25, 0.3) is 0 Å². The number of hydrogen-bond donors (Lipinski definition) is 2. The van der Waals surface area contributed by atoms with Crippen molar-refractivity contribution in [2.45, 2.75) is 20.0 Å². The van der Waals surface area contributed by atoms with Crippen molar-refractivity contribution in [1.82, 2.24) is 25.2 Å². The molecule has 3 aromatic rings. The number of rotatable bonds is 5. The number of nitrogens with one attached hydrogen (secondary N) is 2. The first-order chi connectivity index (χ1) is 10.9. The van der Waals surface area contributed by atoms with Crippen molar-refractivity contribution >= 4 is 22.9 Å². The maximum absolute atomic E-state index is 4.58. The molecule has 0 saturated carbocycles. The van der Waals surface area contributed by atoms with Crippen LogP contribution in [0.5, 0.6) is 0 Å². The molecule has 6 nitrogen and oxygen atoms in total. The first kappa shape index (κ1) is 14.5. The molecule has 0 aromatic carbocycles. The Morgan fingerprint density at radius 2 is 2.18 bits per heavy atom. The van der Waals surface area contributed by atoms with Crippen molar-refractivity contribution in [1.29, 1.82) is 0 Å². The van der Waals surface area contributed by atoms with Crippen LogP contribution >= 0.6 is 11.3 Å². The van der Waals surface area contributed by atoms with Crippen LogP contribution in [0.2, 0.25) is 0 Å². The second-order valence-electron chi connectivity index (χ2n) is 4.67. The maximum Gasteiger partial charge on any atom is 0.191 e. The summed E-state index contributed by atoms with van der Waals surface area (Å²) in [5, 5.41) is 17.0. The van der Waals surface area contributed by atoms with Crippen molar-refractivity contribution in [3.05, 3.63) is 52.6 Å². The third kappa shape index (κ3) is 3.43. The molecule has 114 valence electrons. The van der Waals surface area contributed by atoms with Crippen LogP contribution in [0.1, 0.15) is 17.6 Å². The zero-order valence-electron chi connectivity index (χ0n) is 12.4. The summed E-state index contributed by atoms with van der Waals surface area (Å²) >= 11 is 1.73. The number of aromatic nitrogens is 3. The predicted octanol–water partition coefficient (Wildman–Crippen LogP) is 2.05. The standard InChI is InChI=1S/C15H18N6S/c1-2-16-15(17-10-12-6-5-9-22-12)18-11-14-20-19-13-7-3-4-8-21(13)14/h3-9H,2,10-11H2,1H3,(H2,16,17,18). The fraction of sp³-hybridized carbons (Fsp3) is 0.267. The Labute approximate surface area is 132 Å². The first-order valence-electron chi connectivity index (χ1n) is 7.20. The summed E-state index contributed by atoms with van der Waals surface area (Å²) in [5.74, 6) is 1.60. The van der Waals surface area contributed by atoms with Gasteiger partial charge in [0, 0.05) is 17.6 Å². The van der Waals surface area contributed by atoms with E-state index in [0.717, 1.165) is 30.5 Å². The van der Waals surface area contributed by atoms with E-state index in [0.29, 0.717) is 6.54 Å². The molecule has 22 heavy (non-hydrogen) atoms. The lowest BCUT2D eigenvalue weighted by atomic mass is 10.4. The van der Waals surface area contributed by atoms with Gasteiger partial charge in [0.1, 0.15) is 6.54 Å². The summed E-state index contributed by atoms with van der Waals surface area (Å²) in [6, 6.07) is 10.00. The number of pyridine rings is 1. The highest BCUT2D eigenvalue weighted by Crippen LogP contribution is 2.07. The van der Waals surface area contributed by atoms with E-state index in [1.54, 1.807) is 11.3 Å². The minimum atomic E-state index is 0.477. The highest BCUT2D eigenvalue weighted by molar-refractivity contribution is 7.09. The van der Waals surface area contributed by atoms with Gasteiger partial charge >= 0.3 is 0 Å². The monoisotopic (exact) mass is 314 g/mol. The molecule has 0 bridgehead atoms. The summed E-state index contributed by atoms with van der Waals surface area (Å²) in [7, 11) is 0. The number of guanidine groups is 1. The largest absolute Gasteiger partial charge is 0.357 e. The van der Waals surface area contributed by atoms with E-state index in [1.165, 1.54) is 4.88 Å². The van der Waals surface area contributed by atoms with Gasteiger partial charge in [0.05, 0.1) is 6.54 Å². The molecule has 3 rings (SSSR count). The summed E-state index contributed by atoms with van der Waals surface area (Å²) < 4.78 is 1.95. The van der Waals surface area contributed by atoms with Crippen LogP contribution in [0.15, 0.2) is 46.9 Å². The van der Waals surface area contributed by atoms with Crippen LogP contribution in [0, 0.1) is 0 Å². The topological polar surface area (TPSA) is 66.6 Å². The van der Waals surface area contributed by atoms with E-state index in [1.807, 2.05) is 34.9 Å². The molecule has 7 heteroatoms. The van der Waals surface area contributed by atoms with Crippen LogP contribution in [-0.2, 0) is 13.1 Å². The Balaban J connectivity index is 1.69. The summed E-state index contributed by atoms with van der Waals surface area (Å²) in [4.78, 5) is 5.86. The molecular weight excluding hydrogens is 296 g/mol. The van der Waals surface area contributed by atoms with E-state index in [-0.39, 0.29) is 0 Å². The molecule has 3 aromatic heterocycles. The molecule has 0 spiro atoms. The third-order valence-electron chi connectivity index (χ3n) is 3.12. The van der Waals surface area contributed by atoms with Crippen molar-refractivity contribution < 1.29 is 0 Å². The van der Waals surface area contributed by atoms with Gasteiger partial charge in [0.15, 0.2) is 17.4 Å². The third-order valence-corrected chi connectivity index (χ3v) is 3.99. The SMILES string of the molecule is CCNC(=NCc1nnc2ccccn12)NCc1cccs1. The predicted molar refractivity (Wildman–Crippen MR) is 89.0 cm³/mol. The van der Waals surface area contributed by atoms with Gasteiger partial charge in [-0.3, -0.25) is 4.40 Å². The minimum Gasteiger partial charge on any atom is -0.357 e. The summed E-state index contributed by atoms with van der Waals surface area (Å²) in [6.45, 7) is 4.11. The van der Waals surface area contributed by atoms with Gasteiger partial charge < -0.3 is 10.6 Å². The summed E-state index contributed by atoms with van der Waals surface area (Å²) in [6.07, 6.45) is 1.95. The highest BCUT2D eigenvalue weighted by Gasteiger charge is 2.04. The Morgan fingerprint density at radius 1 is 1.23 bits per heavy atom. The van der Waals surface area contributed by atoms with E-state index < -0.39 is 0 Å². The van der Waals surface area contributed by atoms with Crippen LogP contribution in [-0.4, -0.2) is 27.1 Å². The fourth-order valence-electron chi connectivity index (χ4n) is 2.07. The van der Waals surface area contributed by atoms with Crippen molar-refractivity contribution in [2.75, 3.05) is 6.54 Å². The molecule has 0 fully saturated rings. The average Bonchev–Trinajstić information content (AvgIpc) is 3.20. The second-order valence-corrected chi connectivity index (χ2v) is 5.71. The van der Waals surface area contributed by atoms with Gasteiger partial charge in [-0.05, 0) is 30.5 Å². The van der Waals surface area contributed by atoms with Crippen LogP contribution in [0.25, 0.3) is 5.65 Å². The lowest BCUT2D eigenvalue weighted by molar-refractivity contribution is 0.804. The Hall–Kier alpha value is -2.41. The van der Waals surface area contributed by atoms with E-state index in [9.17, 15) is 0 Å². The van der Waals surface area contributed by atoms with Gasteiger partial charge in [-0.25, -0.2) is 4.99 Å². The van der Waals surface area contributed by atoms with Gasteiger partial charge in [0.2, 0.25) is 0 Å². The smallest absolute Gasteiger partial charge is 0.191 e. The number of thiophene rings is 1. The quantitative estimate of drug-likeness (QED) is 0.559. The number of fused-ring (bicyclic) bond motifs is 1. The Kier molecular flexibility index (Phi) is 4.65. The molecule has 0 aliphatic heterocycles. The first-order valence-corrected chi connectivity index (χ1v) is 8.08. The Bertz CT molecular complexity index is 746. The van der Waals surface area contributed by atoms with Crippen LogP contribution < -0.4 is 10.6 Å². The Morgan fingerprint density at radius 3 is 3.00 bits per heavy atom. The molecule has 0 unspecified atom stereocenters. The van der Waals surface area contributed by atoms with Gasteiger partial charge in [-0.15, -0.1) is 21.5 Å². The van der Waals surface area contributed by atoms with Gasteiger partial charge in [-0.1, -0.05) is 12.1 Å². The number of hydrogen-bond acceptors (Lipinski definition) is 4. The molecule has 0 saturated heterocycles. The molecule has 0 radical (unpaired) electrons. The number of aliphatic imine (C=N–C) groups is 1. The summed E-state index contributed by atoms with van der Waals surface area (Å²) in [5.41, 5.74) is 0.837. The second kappa shape index (κ2) is 7.04. The molecule has 2 N–H and O–H groups in total. The molecule has 0 aliphatic carbocycles. The fourth-order valence-corrected chi connectivity index (χ4v) is 2.72. The molecule has 0 atom stereocenters. The van der Waals surface area contributed by atoms with Gasteiger partial charge in [-0.2, -0.15) is 0 Å². The lowest BCUT2D eigenvalue weighted by Crippen LogP contribution is -2.36. The molecular formula is C15H18N6S. The highest BCUT2D eigenvalue weighted by atomic mass is 32.1. The average molecular weight is 314 g/mol. The maximum atomic E-state index is 4.58. The normalized spacial score (nSPS) is 11.8. The van der Waals surface area contributed by atoms with E-state index >= 15 is 0 Å². The minimum absolute atomic E-state index is 0.477. The van der Waals surface area contributed by atoms with Crippen LogP contribution in [0.4, 0.5) is 0 Å².